The molecule has 0 N–H and O–H groups in total. The van der Waals surface area contributed by atoms with Gasteiger partial charge in [-0.2, -0.15) is 0 Å². The minimum atomic E-state index is -0.596. The molecule has 6 heteroatoms. The highest BCUT2D eigenvalue weighted by molar-refractivity contribution is 14.1. The van der Waals surface area contributed by atoms with Crippen molar-refractivity contribution in [2.24, 2.45) is 0 Å². The summed E-state index contributed by atoms with van der Waals surface area (Å²) in [6.07, 6.45) is 2.98. The normalized spacial score (nSPS) is 18.3. The van der Waals surface area contributed by atoms with Crippen LogP contribution in [0.2, 0.25) is 0 Å². The lowest BCUT2D eigenvalue weighted by Crippen LogP contribution is -2.32. The number of nitrogens with zero attached hydrogens (tertiary/aromatic N) is 1. The Labute approximate surface area is 135 Å². The van der Waals surface area contributed by atoms with E-state index in [1.165, 1.54) is 19.2 Å². The summed E-state index contributed by atoms with van der Waals surface area (Å²) in [5.41, 5.74) is 1.06. The van der Waals surface area contributed by atoms with Crippen LogP contribution < -0.4 is 9.64 Å². The molecule has 0 saturated heterocycles. The topological polar surface area (TPSA) is 46.6 Å². The first-order chi connectivity index (χ1) is 10.0. The highest BCUT2D eigenvalue weighted by atomic mass is 127. The van der Waals surface area contributed by atoms with E-state index >= 15 is 0 Å². The Kier molecular flexibility index (Phi) is 3.73. The van der Waals surface area contributed by atoms with E-state index in [2.05, 4.69) is 0 Å². The number of benzene rings is 1. The van der Waals surface area contributed by atoms with E-state index in [9.17, 15) is 14.0 Å². The average Bonchev–Trinajstić information content (AvgIpc) is 2.72. The monoisotopic (exact) mass is 401 g/mol. The molecule has 2 amide bonds. The van der Waals surface area contributed by atoms with E-state index in [1.807, 2.05) is 22.6 Å². The molecule has 0 atom stereocenters. The van der Waals surface area contributed by atoms with E-state index in [0.717, 1.165) is 17.7 Å². The van der Waals surface area contributed by atoms with Gasteiger partial charge in [-0.05, 0) is 54.3 Å². The number of amides is 2. The third kappa shape index (κ3) is 2.25. The molecule has 0 radical (unpaired) electrons. The molecule has 1 aliphatic heterocycles. The molecule has 1 aromatic carbocycles. The maximum Gasteiger partial charge on any atom is 0.261 e. The van der Waals surface area contributed by atoms with Crippen LogP contribution in [-0.2, 0) is 9.59 Å². The SMILES string of the molecule is COc1cc(N2C(=O)C3=C(CCCC3)C2=O)c(F)cc1I. The van der Waals surface area contributed by atoms with Crippen LogP contribution in [0.5, 0.6) is 5.75 Å². The van der Waals surface area contributed by atoms with Crippen molar-refractivity contribution in [2.75, 3.05) is 12.0 Å². The molecule has 2 aliphatic rings. The maximum absolute atomic E-state index is 14.2. The summed E-state index contributed by atoms with van der Waals surface area (Å²) in [4.78, 5) is 25.8. The number of hydrogen-bond donors (Lipinski definition) is 0. The standard InChI is InChI=1S/C15H13FINO3/c1-21-13-7-12(10(16)6-11(13)17)18-14(19)8-4-2-3-5-9(8)15(18)20/h6-7H,2-5H2,1H3. The molecule has 0 saturated carbocycles. The number of carbonyl (C=O) groups is 2. The van der Waals surface area contributed by atoms with Gasteiger partial charge >= 0.3 is 0 Å². The zero-order valence-electron chi connectivity index (χ0n) is 11.4. The van der Waals surface area contributed by atoms with Crippen molar-refractivity contribution < 1.29 is 18.7 Å². The molecule has 0 fully saturated rings. The fourth-order valence-corrected chi connectivity index (χ4v) is 3.45. The van der Waals surface area contributed by atoms with E-state index in [4.69, 9.17) is 4.74 Å². The molecule has 0 aromatic heterocycles. The van der Waals surface area contributed by atoms with Gasteiger partial charge in [0.05, 0.1) is 16.4 Å². The molecule has 110 valence electrons. The summed E-state index contributed by atoms with van der Waals surface area (Å²) in [7, 11) is 1.47. The fraction of sp³-hybridized carbons (Fsp3) is 0.333. The molecule has 0 unspecified atom stereocenters. The van der Waals surface area contributed by atoms with Crippen molar-refractivity contribution in [2.45, 2.75) is 25.7 Å². The van der Waals surface area contributed by atoms with Gasteiger partial charge in [-0.1, -0.05) is 0 Å². The number of carbonyl (C=O) groups excluding carboxylic acids is 2. The molecular weight excluding hydrogens is 388 g/mol. The van der Waals surface area contributed by atoms with Crippen molar-refractivity contribution in [3.05, 3.63) is 32.7 Å². The Morgan fingerprint density at radius 2 is 1.71 bits per heavy atom. The van der Waals surface area contributed by atoms with E-state index in [1.54, 1.807) is 0 Å². The Morgan fingerprint density at radius 3 is 2.24 bits per heavy atom. The van der Waals surface area contributed by atoms with Gasteiger partial charge in [-0.25, -0.2) is 9.29 Å². The summed E-state index contributed by atoms with van der Waals surface area (Å²) < 4.78 is 20.0. The molecule has 0 spiro atoms. The smallest absolute Gasteiger partial charge is 0.261 e. The predicted octanol–water partition coefficient (Wildman–Crippen LogP) is 3.18. The van der Waals surface area contributed by atoms with Crippen LogP contribution in [0, 0.1) is 9.39 Å². The number of rotatable bonds is 2. The maximum atomic E-state index is 14.2. The molecule has 1 aliphatic carbocycles. The van der Waals surface area contributed by atoms with Crippen LogP contribution in [-0.4, -0.2) is 18.9 Å². The average molecular weight is 401 g/mol. The third-order valence-corrected chi connectivity index (χ3v) is 4.70. The minimum absolute atomic E-state index is 0.0309. The van der Waals surface area contributed by atoms with Gasteiger partial charge in [-0.15, -0.1) is 0 Å². The molecule has 0 bridgehead atoms. The fourth-order valence-electron chi connectivity index (χ4n) is 2.80. The van der Waals surface area contributed by atoms with Crippen LogP contribution in [0.15, 0.2) is 23.3 Å². The van der Waals surface area contributed by atoms with Crippen molar-refractivity contribution >= 4 is 40.1 Å². The first-order valence-electron chi connectivity index (χ1n) is 6.68. The summed E-state index contributed by atoms with van der Waals surface area (Å²) >= 11 is 1.95. The van der Waals surface area contributed by atoms with Crippen LogP contribution in [0.4, 0.5) is 10.1 Å². The van der Waals surface area contributed by atoms with Crippen LogP contribution in [0.25, 0.3) is 0 Å². The van der Waals surface area contributed by atoms with Gasteiger partial charge in [0.15, 0.2) is 0 Å². The first kappa shape index (κ1) is 14.5. The largest absolute Gasteiger partial charge is 0.496 e. The van der Waals surface area contributed by atoms with Crippen LogP contribution >= 0.6 is 22.6 Å². The zero-order valence-corrected chi connectivity index (χ0v) is 13.6. The van der Waals surface area contributed by atoms with Crippen molar-refractivity contribution in [3.8, 4) is 5.75 Å². The lowest BCUT2D eigenvalue weighted by Gasteiger charge is -2.17. The Bertz CT molecular complexity index is 656. The van der Waals surface area contributed by atoms with E-state index < -0.39 is 17.6 Å². The van der Waals surface area contributed by atoms with Crippen molar-refractivity contribution in [1.29, 1.82) is 0 Å². The van der Waals surface area contributed by atoms with Gasteiger partial charge in [0.2, 0.25) is 0 Å². The van der Waals surface area contributed by atoms with Gasteiger partial charge in [0.1, 0.15) is 11.6 Å². The second kappa shape index (κ2) is 5.40. The molecule has 1 aromatic rings. The summed E-state index contributed by atoms with van der Waals surface area (Å²) in [6, 6.07) is 2.68. The molecular formula is C15H13FINO3. The minimum Gasteiger partial charge on any atom is -0.496 e. The summed E-state index contributed by atoms with van der Waals surface area (Å²) in [6.45, 7) is 0. The molecule has 4 nitrogen and oxygen atoms in total. The summed E-state index contributed by atoms with van der Waals surface area (Å²) in [5, 5.41) is 0. The highest BCUT2D eigenvalue weighted by Crippen LogP contribution is 2.38. The Morgan fingerprint density at radius 1 is 1.14 bits per heavy atom. The summed E-state index contributed by atoms with van der Waals surface area (Å²) in [5.74, 6) is -0.937. The number of halogens is 2. The molecule has 3 rings (SSSR count). The van der Waals surface area contributed by atoms with Crippen molar-refractivity contribution in [3.63, 3.8) is 0 Å². The van der Waals surface area contributed by atoms with Gasteiger partial charge in [-0.3, -0.25) is 9.59 Å². The highest BCUT2D eigenvalue weighted by Gasteiger charge is 2.41. The number of anilines is 1. The number of methoxy groups -OCH3 is 1. The van der Waals surface area contributed by atoms with Gasteiger partial charge in [0.25, 0.3) is 11.8 Å². The zero-order chi connectivity index (χ0) is 15.1. The van der Waals surface area contributed by atoms with E-state index in [0.29, 0.717) is 33.3 Å². The lowest BCUT2D eigenvalue weighted by atomic mass is 9.93. The number of imide groups is 1. The van der Waals surface area contributed by atoms with Gasteiger partial charge < -0.3 is 4.74 Å². The quantitative estimate of drug-likeness (QED) is 0.565. The van der Waals surface area contributed by atoms with Crippen LogP contribution in [0.3, 0.4) is 0 Å². The third-order valence-electron chi connectivity index (χ3n) is 3.85. The lowest BCUT2D eigenvalue weighted by molar-refractivity contribution is -0.120. The molecule has 21 heavy (non-hydrogen) atoms. The predicted molar refractivity (Wildman–Crippen MR) is 83.7 cm³/mol. The second-order valence-corrected chi connectivity index (χ2v) is 6.21. The number of ether oxygens (including phenoxy) is 1. The Balaban J connectivity index is 2.06. The van der Waals surface area contributed by atoms with E-state index in [-0.39, 0.29) is 5.69 Å². The molecule has 1 heterocycles. The second-order valence-electron chi connectivity index (χ2n) is 5.05. The first-order valence-corrected chi connectivity index (χ1v) is 7.76. The van der Waals surface area contributed by atoms with Crippen LogP contribution in [0.1, 0.15) is 25.7 Å². The number of hydrogen-bond acceptors (Lipinski definition) is 3. The Hall–Kier alpha value is -1.44. The van der Waals surface area contributed by atoms with Gasteiger partial charge in [0, 0.05) is 17.2 Å². The van der Waals surface area contributed by atoms with Crippen molar-refractivity contribution in [1.82, 2.24) is 0 Å².